The Hall–Kier alpha value is -1.42. The van der Waals surface area contributed by atoms with Crippen LogP contribution in [0.1, 0.15) is 34.7 Å². The molecule has 1 aromatic rings. The van der Waals surface area contributed by atoms with Crippen molar-refractivity contribution >= 4 is 5.97 Å². The molecular weight excluding hydrogens is 209 g/mol. The number of rotatable bonds is 2. The van der Waals surface area contributed by atoms with Crippen molar-refractivity contribution in [2.75, 3.05) is 13.1 Å². The van der Waals surface area contributed by atoms with Gasteiger partial charge in [-0.05, 0) is 49.5 Å². The Labute approximate surface area is 93.5 Å². The molecule has 1 fully saturated rings. The second-order valence-electron chi connectivity index (χ2n) is 4.01. The molecule has 16 heavy (non-hydrogen) atoms. The fourth-order valence-corrected chi connectivity index (χ4v) is 2.12. The third-order valence-electron chi connectivity index (χ3n) is 3.00. The minimum absolute atomic E-state index is 0.276. The summed E-state index contributed by atoms with van der Waals surface area (Å²) in [5, 5.41) is 3.28. The van der Waals surface area contributed by atoms with Crippen LogP contribution in [0, 0.1) is 0 Å². The van der Waals surface area contributed by atoms with Crippen LogP contribution in [-0.2, 0) is 4.94 Å². The maximum Gasteiger partial charge on any atom is 0.379 e. The Morgan fingerprint density at radius 3 is 2.81 bits per heavy atom. The van der Waals surface area contributed by atoms with E-state index in [1.165, 1.54) is 0 Å². The summed E-state index contributed by atoms with van der Waals surface area (Å²) >= 11 is 0. The quantitative estimate of drug-likeness (QED) is 0.835. The lowest BCUT2D eigenvalue weighted by molar-refractivity contribution is -0.0788. The molecule has 0 saturated carbocycles. The minimum atomic E-state index is -0.921. The standard InChI is InChI=1S/C12H14FNO2/c13-16-12(15)11-3-1-2-10(8-11)9-4-6-14-7-5-9/h1-3,8-9,14H,4-7H2. The predicted molar refractivity (Wildman–Crippen MR) is 57.8 cm³/mol. The fraction of sp³-hybridized carbons (Fsp3) is 0.417. The number of benzene rings is 1. The Morgan fingerprint density at radius 2 is 2.12 bits per heavy atom. The molecule has 0 atom stereocenters. The molecule has 4 heteroatoms. The summed E-state index contributed by atoms with van der Waals surface area (Å²) in [5.74, 6) is -0.468. The first kappa shape index (κ1) is 11.1. The third-order valence-corrected chi connectivity index (χ3v) is 3.00. The monoisotopic (exact) mass is 223 g/mol. The first-order valence-electron chi connectivity index (χ1n) is 5.45. The summed E-state index contributed by atoms with van der Waals surface area (Å²) < 4.78 is 11.8. The number of halogens is 1. The van der Waals surface area contributed by atoms with Crippen molar-refractivity contribution in [1.82, 2.24) is 5.32 Å². The van der Waals surface area contributed by atoms with Crippen molar-refractivity contribution in [2.45, 2.75) is 18.8 Å². The van der Waals surface area contributed by atoms with E-state index in [4.69, 9.17) is 0 Å². The van der Waals surface area contributed by atoms with E-state index < -0.39 is 5.97 Å². The molecule has 0 aromatic heterocycles. The summed E-state index contributed by atoms with van der Waals surface area (Å²) in [6.45, 7) is 1.98. The second kappa shape index (κ2) is 5.07. The molecule has 2 rings (SSSR count). The number of hydrogen-bond acceptors (Lipinski definition) is 3. The zero-order chi connectivity index (χ0) is 11.4. The second-order valence-corrected chi connectivity index (χ2v) is 4.01. The van der Waals surface area contributed by atoms with E-state index in [9.17, 15) is 9.32 Å². The molecule has 0 aliphatic carbocycles. The summed E-state index contributed by atoms with van der Waals surface area (Å²) in [7, 11) is 0. The van der Waals surface area contributed by atoms with Gasteiger partial charge in [0.25, 0.3) is 0 Å². The third kappa shape index (κ3) is 2.39. The summed E-state index contributed by atoms with van der Waals surface area (Å²) in [6, 6.07) is 7.03. The van der Waals surface area contributed by atoms with Crippen LogP contribution in [0.3, 0.4) is 0 Å². The Morgan fingerprint density at radius 1 is 1.38 bits per heavy atom. The van der Waals surface area contributed by atoms with E-state index in [0.717, 1.165) is 31.5 Å². The van der Waals surface area contributed by atoms with Gasteiger partial charge in [-0.2, -0.15) is 0 Å². The van der Waals surface area contributed by atoms with Crippen LogP contribution in [0.5, 0.6) is 0 Å². The number of carbonyl (C=O) groups is 1. The number of piperidine rings is 1. The fourth-order valence-electron chi connectivity index (χ4n) is 2.12. The number of hydrogen-bond donors (Lipinski definition) is 1. The van der Waals surface area contributed by atoms with Crippen LogP contribution >= 0.6 is 0 Å². The van der Waals surface area contributed by atoms with Gasteiger partial charge in [0, 0.05) is 4.53 Å². The molecule has 0 bridgehead atoms. The van der Waals surface area contributed by atoms with Gasteiger partial charge in [0.1, 0.15) is 0 Å². The van der Waals surface area contributed by atoms with Gasteiger partial charge >= 0.3 is 5.97 Å². The summed E-state index contributed by atoms with van der Waals surface area (Å²) in [6.07, 6.45) is 2.10. The lowest BCUT2D eigenvalue weighted by Gasteiger charge is -2.23. The van der Waals surface area contributed by atoms with Gasteiger partial charge in [0.05, 0.1) is 5.56 Å². The topological polar surface area (TPSA) is 38.3 Å². The van der Waals surface area contributed by atoms with Crippen molar-refractivity contribution < 1.29 is 14.3 Å². The molecular formula is C12H14FNO2. The Balaban J connectivity index is 2.17. The predicted octanol–water partition coefficient (Wildman–Crippen LogP) is 2.19. The van der Waals surface area contributed by atoms with Gasteiger partial charge < -0.3 is 5.32 Å². The molecule has 3 nitrogen and oxygen atoms in total. The van der Waals surface area contributed by atoms with E-state index in [0.29, 0.717) is 5.92 Å². The Kier molecular flexibility index (Phi) is 3.51. The summed E-state index contributed by atoms with van der Waals surface area (Å²) in [4.78, 5) is 14.3. The average molecular weight is 223 g/mol. The zero-order valence-electron chi connectivity index (χ0n) is 8.91. The molecule has 1 saturated heterocycles. The number of carbonyl (C=O) groups excluding carboxylic acids is 1. The molecule has 0 spiro atoms. The smallest absolute Gasteiger partial charge is 0.317 e. The molecule has 0 amide bonds. The lowest BCUT2D eigenvalue weighted by Crippen LogP contribution is -2.26. The first-order chi connectivity index (χ1) is 7.81. The van der Waals surface area contributed by atoms with Gasteiger partial charge in [-0.3, -0.25) is 0 Å². The number of nitrogens with one attached hydrogen (secondary N) is 1. The highest BCUT2D eigenvalue weighted by atomic mass is 19.3. The van der Waals surface area contributed by atoms with Crippen LogP contribution in [-0.4, -0.2) is 19.1 Å². The van der Waals surface area contributed by atoms with E-state index in [2.05, 4.69) is 10.3 Å². The van der Waals surface area contributed by atoms with Gasteiger partial charge in [-0.15, -0.1) is 0 Å². The Bertz CT molecular complexity index is 375. The molecule has 1 aromatic carbocycles. The highest BCUT2D eigenvalue weighted by Crippen LogP contribution is 2.25. The summed E-state index contributed by atoms with van der Waals surface area (Å²) in [5.41, 5.74) is 1.36. The van der Waals surface area contributed by atoms with Crippen LogP contribution < -0.4 is 5.32 Å². The van der Waals surface area contributed by atoms with Gasteiger partial charge in [0.15, 0.2) is 0 Å². The minimum Gasteiger partial charge on any atom is -0.317 e. The van der Waals surface area contributed by atoms with Crippen LogP contribution in [0.25, 0.3) is 0 Å². The normalized spacial score (nSPS) is 17.1. The van der Waals surface area contributed by atoms with Gasteiger partial charge in [0.2, 0.25) is 0 Å². The highest BCUT2D eigenvalue weighted by Gasteiger charge is 2.17. The van der Waals surface area contributed by atoms with E-state index in [1.807, 2.05) is 6.07 Å². The molecule has 1 aliphatic rings. The maximum absolute atomic E-state index is 11.8. The van der Waals surface area contributed by atoms with Gasteiger partial charge in [-0.1, -0.05) is 12.1 Å². The van der Waals surface area contributed by atoms with Crippen LogP contribution in [0.2, 0.25) is 0 Å². The van der Waals surface area contributed by atoms with E-state index in [-0.39, 0.29) is 5.56 Å². The lowest BCUT2D eigenvalue weighted by atomic mass is 9.89. The molecule has 86 valence electrons. The molecule has 0 unspecified atom stereocenters. The van der Waals surface area contributed by atoms with Gasteiger partial charge in [-0.25, -0.2) is 9.74 Å². The van der Waals surface area contributed by atoms with Crippen molar-refractivity contribution in [3.05, 3.63) is 35.4 Å². The van der Waals surface area contributed by atoms with Crippen molar-refractivity contribution in [3.63, 3.8) is 0 Å². The average Bonchev–Trinajstić information content (AvgIpc) is 2.39. The first-order valence-corrected chi connectivity index (χ1v) is 5.45. The molecule has 1 aliphatic heterocycles. The van der Waals surface area contributed by atoms with Crippen LogP contribution in [0.15, 0.2) is 24.3 Å². The molecule has 1 N–H and O–H groups in total. The van der Waals surface area contributed by atoms with Crippen molar-refractivity contribution in [2.24, 2.45) is 0 Å². The SMILES string of the molecule is O=C(OF)c1cccc(C2CCNCC2)c1. The van der Waals surface area contributed by atoms with E-state index in [1.54, 1.807) is 18.2 Å². The zero-order valence-corrected chi connectivity index (χ0v) is 8.91. The van der Waals surface area contributed by atoms with Crippen molar-refractivity contribution in [3.8, 4) is 0 Å². The van der Waals surface area contributed by atoms with Crippen LogP contribution in [0.4, 0.5) is 4.53 Å². The highest BCUT2D eigenvalue weighted by molar-refractivity contribution is 5.89. The van der Waals surface area contributed by atoms with Crippen molar-refractivity contribution in [1.29, 1.82) is 0 Å². The maximum atomic E-state index is 11.8. The largest absolute Gasteiger partial charge is 0.379 e. The molecule has 1 heterocycles. The van der Waals surface area contributed by atoms with E-state index >= 15 is 0 Å². The molecule has 0 radical (unpaired) electrons.